The Hall–Kier alpha value is -2.03. The van der Waals surface area contributed by atoms with Crippen LogP contribution in [0.25, 0.3) is 11.3 Å². The van der Waals surface area contributed by atoms with E-state index in [2.05, 4.69) is 54.1 Å². The molecule has 0 saturated carbocycles. The molecule has 0 atom stereocenters. The Kier molecular flexibility index (Phi) is 4.64. The molecule has 26 heavy (non-hydrogen) atoms. The molecule has 1 aromatic carbocycles. The first-order valence-electron chi connectivity index (χ1n) is 9.12. The fourth-order valence-corrected chi connectivity index (χ4v) is 4.90. The van der Waals surface area contributed by atoms with Crippen LogP contribution in [0.15, 0.2) is 30.3 Å². The van der Waals surface area contributed by atoms with Crippen LogP contribution in [0, 0.1) is 11.3 Å². The predicted octanol–water partition coefficient (Wildman–Crippen LogP) is 3.44. The maximum Gasteiger partial charge on any atom is 0.293 e. The molecule has 4 nitrogen and oxygen atoms in total. The van der Waals surface area contributed by atoms with Gasteiger partial charge in [0.15, 0.2) is 0 Å². The number of nitrogens with one attached hydrogen (secondary N) is 1. The van der Waals surface area contributed by atoms with Crippen molar-refractivity contribution in [2.24, 2.45) is 0 Å². The highest BCUT2D eigenvalue weighted by atomic mass is 32.2. The summed E-state index contributed by atoms with van der Waals surface area (Å²) < 4.78 is 5.66. The van der Waals surface area contributed by atoms with Crippen LogP contribution >= 0.6 is 11.8 Å². The minimum atomic E-state index is 0.149. The van der Waals surface area contributed by atoms with Crippen LogP contribution in [0.4, 0.5) is 5.82 Å². The average Bonchev–Trinajstić information content (AvgIpc) is 2.67. The molecule has 2 aromatic rings. The van der Waals surface area contributed by atoms with Gasteiger partial charge >= 0.3 is 0 Å². The molecule has 5 heteroatoms. The fourth-order valence-electron chi connectivity index (χ4n) is 3.80. The summed E-state index contributed by atoms with van der Waals surface area (Å²) in [6.07, 6.45) is 0.918. The lowest BCUT2D eigenvalue weighted by Gasteiger charge is -2.33. The lowest BCUT2D eigenvalue weighted by Crippen LogP contribution is -2.41. The largest absolute Gasteiger partial charge is 0.373 e. The van der Waals surface area contributed by atoms with Crippen LogP contribution in [0.3, 0.4) is 0 Å². The van der Waals surface area contributed by atoms with Crippen molar-refractivity contribution in [2.75, 3.05) is 31.2 Å². The van der Waals surface area contributed by atoms with Crippen LogP contribution in [0.2, 0.25) is 0 Å². The number of hydrogen-bond donors (Lipinski definition) is 0. The Labute approximate surface area is 159 Å². The Balaban J connectivity index is 1.93. The molecule has 2 aliphatic rings. The first kappa shape index (κ1) is 17.4. The molecule has 3 heterocycles. The molecule has 1 N–H and O–H groups in total. The zero-order chi connectivity index (χ0) is 18.1. The summed E-state index contributed by atoms with van der Waals surface area (Å²) in [5.74, 6) is 1.89. The van der Waals surface area contributed by atoms with E-state index in [1.807, 2.05) is 17.8 Å². The number of nitrogens with zero attached hydrogens (tertiary/aromatic N) is 2. The van der Waals surface area contributed by atoms with Gasteiger partial charge in [-0.25, -0.2) is 4.98 Å². The van der Waals surface area contributed by atoms with Crippen molar-refractivity contribution in [3.05, 3.63) is 47.0 Å². The number of benzene rings is 1. The number of fused-ring (bicyclic) bond motifs is 1. The summed E-state index contributed by atoms with van der Waals surface area (Å²) in [5.41, 5.74) is 5.66. The number of pyridine rings is 1. The van der Waals surface area contributed by atoms with Gasteiger partial charge in [0.25, 0.3) is 5.82 Å². The molecule has 1 aromatic heterocycles. The van der Waals surface area contributed by atoms with E-state index >= 15 is 0 Å². The summed E-state index contributed by atoms with van der Waals surface area (Å²) in [6.45, 7) is 7.59. The van der Waals surface area contributed by atoms with E-state index in [4.69, 9.17) is 4.74 Å². The maximum absolute atomic E-state index is 10.0. The molecule has 4 rings (SSSR count). The third kappa shape index (κ3) is 3.20. The summed E-state index contributed by atoms with van der Waals surface area (Å²) >= 11 is 1.97. The third-order valence-corrected chi connectivity index (χ3v) is 6.52. The summed E-state index contributed by atoms with van der Waals surface area (Å²) in [7, 11) is 0. The highest BCUT2D eigenvalue weighted by Gasteiger charge is 2.35. The summed E-state index contributed by atoms with van der Waals surface area (Å²) in [4.78, 5) is 5.91. The van der Waals surface area contributed by atoms with Gasteiger partial charge in [0.05, 0.1) is 13.2 Å². The standard InChI is InChI=1S/C21H23N3OS/c1-21(2)12-16-17(13-22)20(24-8-10-25-11-9-24)23-19(18(16)14-26-21)15-6-4-3-5-7-15/h3-7H,8-12,14H2,1-2H3/p+1. The maximum atomic E-state index is 10.0. The number of hydrogen-bond acceptors (Lipinski definition) is 4. The smallest absolute Gasteiger partial charge is 0.293 e. The number of thioether (sulfide) groups is 1. The van der Waals surface area contributed by atoms with Crippen LogP contribution in [0.1, 0.15) is 30.5 Å². The SMILES string of the molecule is CC1(C)Cc2c(C#N)c(N3CCOCC3)[nH+]c(-c3ccccc3)c2CS1. The Morgan fingerprint density at radius 2 is 1.88 bits per heavy atom. The van der Waals surface area contributed by atoms with Gasteiger partial charge in [-0.3, -0.25) is 4.90 Å². The zero-order valence-electron chi connectivity index (χ0n) is 15.3. The van der Waals surface area contributed by atoms with Gasteiger partial charge in [0, 0.05) is 21.6 Å². The van der Waals surface area contributed by atoms with E-state index < -0.39 is 0 Å². The Morgan fingerprint density at radius 3 is 2.58 bits per heavy atom. The highest BCUT2D eigenvalue weighted by Crippen LogP contribution is 2.43. The van der Waals surface area contributed by atoms with Crippen LogP contribution in [-0.4, -0.2) is 31.1 Å². The van der Waals surface area contributed by atoms with Crippen molar-refractivity contribution in [1.82, 2.24) is 0 Å². The molecule has 134 valence electrons. The molecular formula is C21H24N3OS+. The van der Waals surface area contributed by atoms with Crippen molar-refractivity contribution in [3.8, 4) is 17.3 Å². The number of morpholine rings is 1. The van der Waals surface area contributed by atoms with Crippen molar-refractivity contribution in [2.45, 2.75) is 30.8 Å². The minimum absolute atomic E-state index is 0.149. The number of rotatable bonds is 2. The van der Waals surface area contributed by atoms with E-state index in [0.717, 1.165) is 42.3 Å². The second kappa shape index (κ2) is 6.94. The molecule has 1 saturated heterocycles. The number of H-pyrrole nitrogens is 1. The van der Waals surface area contributed by atoms with Gasteiger partial charge in [-0.05, 0) is 12.0 Å². The average molecular weight is 367 g/mol. The summed E-state index contributed by atoms with van der Waals surface area (Å²) in [5, 5.41) is 10.0. The fraction of sp³-hybridized carbons (Fsp3) is 0.429. The van der Waals surface area contributed by atoms with Gasteiger partial charge < -0.3 is 4.74 Å². The van der Waals surface area contributed by atoms with Crippen LogP contribution < -0.4 is 9.88 Å². The predicted molar refractivity (Wildman–Crippen MR) is 105 cm³/mol. The van der Waals surface area contributed by atoms with Gasteiger partial charge in [-0.15, -0.1) is 0 Å². The molecule has 0 aliphatic carbocycles. The van der Waals surface area contributed by atoms with Crippen molar-refractivity contribution in [1.29, 1.82) is 5.26 Å². The van der Waals surface area contributed by atoms with Gasteiger partial charge in [-0.1, -0.05) is 44.2 Å². The van der Waals surface area contributed by atoms with E-state index in [-0.39, 0.29) is 4.75 Å². The molecule has 0 amide bonds. The number of ether oxygens (including phenoxy) is 1. The Bertz CT molecular complexity index is 852. The molecular weight excluding hydrogens is 342 g/mol. The first-order chi connectivity index (χ1) is 12.6. The third-order valence-electron chi connectivity index (χ3n) is 5.16. The van der Waals surface area contributed by atoms with Gasteiger partial charge in [0.1, 0.15) is 30.4 Å². The molecule has 1 fully saturated rings. The monoisotopic (exact) mass is 366 g/mol. The topological polar surface area (TPSA) is 50.4 Å². The van der Waals surface area contributed by atoms with Gasteiger partial charge in [0.2, 0.25) is 0 Å². The molecule has 0 spiro atoms. The second-order valence-corrected chi connectivity index (χ2v) is 9.17. The highest BCUT2D eigenvalue weighted by molar-refractivity contribution is 7.99. The van der Waals surface area contributed by atoms with E-state index in [0.29, 0.717) is 13.2 Å². The number of anilines is 1. The first-order valence-corrected chi connectivity index (χ1v) is 10.1. The quantitative estimate of drug-likeness (QED) is 0.817. The Morgan fingerprint density at radius 1 is 1.15 bits per heavy atom. The normalized spacial score (nSPS) is 18.9. The van der Waals surface area contributed by atoms with E-state index in [1.54, 1.807) is 0 Å². The van der Waals surface area contributed by atoms with E-state index in [9.17, 15) is 5.26 Å². The van der Waals surface area contributed by atoms with Crippen molar-refractivity contribution in [3.63, 3.8) is 0 Å². The second-order valence-electron chi connectivity index (χ2n) is 7.48. The number of aromatic nitrogens is 1. The molecule has 2 aliphatic heterocycles. The lowest BCUT2D eigenvalue weighted by atomic mass is 9.90. The van der Waals surface area contributed by atoms with Crippen molar-refractivity contribution >= 4 is 17.6 Å². The minimum Gasteiger partial charge on any atom is -0.373 e. The summed E-state index contributed by atoms with van der Waals surface area (Å²) in [6, 6.07) is 13.0. The van der Waals surface area contributed by atoms with Crippen LogP contribution in [0.5, 0.6) is 0 Å². The molecule has 0 radical (unpaired) electrons. The zero-order valence-corrected chi connectivity index (χ0v) is 16.2. The number of nitriles is 1. The lowest BCUT2D eigenvalue weighted by molar-refractivity contribution is -0.352. The molecule has 0 unspecified atom stereocenters. The van der Waals surface area contributed by atoms with E-state index in [1.165, 1.54) is 16.7 Å². The van der Waals surface area contributed by atoms with Gasteiger partial charge in [-0.2, -0.15) is 17.0 Å². The van der Waals surface area contributed by atoms with Crippen molar-refractivity contribution < 1.29 is 9.72 Å². The number of aromatic amines is 1. The van der Waals surface area contributed by atoms with Crippen LogP contribution in [-0.2, 0) is 16.9 Å². The molecule has 0 bridgehead atoms.